The average molecular weight is 189 g/mol. The Balaban J connectivity index is 3.76. The molecule has 0 aliphatic rings. The summed E-state index contributed by atoms with van der Waals surface area (Å²) < 4.78 is 0. The van der Waals surface area contributed by atoms with Crippen LogP contribution in [-0.4, -0.2) is 5.97 Å². The highest BCUT2D eigenvalue weighted by atomic mass is 16.4. The average Bonchev–Trinajstić information content (AvgIpc) is 2.15. The number of hydrogen-bond donors (Lipinski definition) is 0. The first-order chi connectivity index (χ1) is 6.77. The fourth-order valence-corrected chi connectivity index (χ4v) is 0.630. The lowest BCUT2D eigenvalue weighted by Crippen LogP contribution is -2.18. The van der Waals surface area contributed by atoms with E-state index in [2.05, 4.69) is 0 Å². The molecule has 0 atom stereocenters. The van der Waals surface area contributed by atoms with Crippen LogP contribution < -0.4 is 5.11 Å². The van der Waals surface area contributed by atoms with Crippen LogP contribution in [0.25, 0.3) is 0 Å². The van der Waals surface area contributed by atoms with Crippen LogP contribution >= 0.6 is 0 Å². The molecule has 0 bridgehead atoms. The Morgan fingerprint density at radius 1 is 0.857 bits per heavy atom. The van der Waals surface area contributed by atoms with Crippen LogP contribution in [0.3, 0.4) is 0 Å². The number of allylic oxidation sites excluding steroid dienone is 9. The zero-order valence-corrected chi connectivity index (χ0v) is 8.09. The molecule has 0 aromatic carbocycles. The second-order valence-electron chi connectivity index (χ2n) is 2.36. The Morgan fingerprint density at radius 3 is 1.71 bits per heavy atom. The number of carboxylic acids is 1. The van der Waals surface area contributed by atoms with E-state index in [1.54, 1.807) is 18.2 Å². The smallest absolute Gasteiger partial charge is 0.0642 e. The van der Waals surface area contributed by atoms with Gasteiger partial charge in [-0.1, -0.05) is 54.7 Å². The third-order valence-corrected chi connectivity index (χ3v) is 1.20. The lowest BCUT2D eigenvalue weighted by Gasteiger charge is -1.85. The molecule has 0 aliphatic heterocycles. The molecule has 0 aromatic heterocycles. The Morgan fingerprint density at radius 2 is 1.29 bits per heavy atom. The fourth-order valence-electron chi connectivity index (χ4n) is 0.630. The van der Waals surface area contributed by atoms with Crippen molar-refractivity contribution < 1.29 is 9.90 Å². The van der Waals surface area contributed by atoms with Crippen LogP contribution in [0.5, 0.6) is 0 Å². The van der Waals surface area contributed by atoms with E-state index < -0.39 is 5.97 Å². The molecular formula is C12H13O2-. The molecule has 0 saturated carbocycles. The molecule has 14 heavy (non-hydrogen) atoms. The second kappa shape index (κ2) is 9.26. The standard InChI is InChI=1S/C12H14O2/c1-2-3-4-5-6-7-8-9-10-11-12(13)14/h2-11H,1H3,(H,13,14)/p-1/b3-2+,5-4+,7-6+,9-8+,11-10+. The maximum atomic E-state index is 9.94. The molecule has 0 rings (SSSR count). The SMILES string of the molecule is C/C=C/C=C/C=C/C=C/C=C/C(=O)[O-]. The first kappa shape index (κ1) is 12.2. The summed E-state index contributed by atoms with van der Waals surface area (Å²) >= 11 is 0. The topological polar surface area (TPSA) is 40.1 Å². The van der Waals surface area contributed by atoms with Crippen molar-refractivity contribution in [1.82, 2.24) is 0 Å². The minimum absolute atomic E-state index is 0.972. The largest absolute Gasteiger partial charge is 0.545 e. The first-order valence-electron chi connectivity index (χ1n) is 4.27. The van der Waals surface area contributed by atoms with Gasteiger partial charge in [-0.3, -0.25) is 0 Å². The fraction of sp³-hybridized carbons (Fsp3) is 0.0833. The molecule has 2 nitrogen and oxygen atoms in total. The van der Waals surface area contributed by atoms with Crippen LogP contribution in [0.4, 0.5) is 0 Å². The lowest BCUT2D eigenvalue weighted by molar-refractivity contribution is -0.297. The lowest BCUT2D eigenvalue weighted by atomic mass is 10.3. The molecule has 0 aromatic rings. The summed E-state index contributed by atoms with van der Waals surface area (Å²) in [6, 6.07) is 0. The van der Waals surface area contributed by atoms with Gasteiger partial charge in [0.15, 0.2) is 0 Å². The van der Waals surface area contributed by atoms with E-state index in [1.807, 2.05) is 37.3 Å². The van der Waals surface area contributed by atoms with Gasteiger partial charge in [-0.05, 0) is 13.0 Å². The predicted molar refractivity (Wildman–Crippen MR) is 56.4 cm³/mol. The van der Waals surface area contributed by atoms with Crippen molar-refractivity contribution in [2.24, 2.45) is 0 Å². The minimum atomic E-state index is -1.19. The maximum Gasteiger partial charge on any atom is 0.0642 e. The third-order valence-electron chi connectivity index (χ3n) is 1.20. The van der Waals surface area contributed by atoms with Crippen molar-refractivity contribution >= 4 is 5.97 Å². The molecule has 0 heterocycles. The van der Waals surface area contributed by atoms with Gasteiger partial charge in [0.25, 0.3) is 0 Å². The highest BCUT2D eigenvalue weighted by molar-refractivity contribution is 5.77. The molecule has 2 heteroatoms. The Kier molecular flexibility index (Phi) is 8.05. The molecule has 0 amide bonds. The maximum absolute atomic E-state index is 9.94. The van der Waals surface area contributed by atoms with Gasteiger partial charge in [0, 0.05) is 0 Å². The van der Waals surface area contributed by atoms with E-state index in [0.29, 0.717) is 0 Å². The van der Waals surface area contributed by atoms with Crippen LogP contribution in [0.15, 0.2) is 60.8 Å². The van der Waals surface area contributed by atoms with Gasteiger partial charge in [-0.25, -0.2) is 0 Å². The van der Waals surface area contributed by atoms with Gasteiger partial charge in [-0.15, -0.1) is 0 Å². The number of carbonyl (C=O) groups is 1. The van der Waals surface area contributed by atoms with Crippen molar-refractivity contribution in [3.05, 3.63) is 60.8 Å². The van der Waals surface area contributed by atoms with Crippen LogP contribution in [0, 0.1) is 0 Å². The van der Waals surface area contributed by atoms with E-state index in [9.17, 15) is 9.90 Å². The Bertz CT molecular complexity index is 291. The van der Waals surface area contributed by atoms with Gasteiger partial charge >= 0.3 is 0 Å². The number of hydrogen-bond acceptors (Lipinski definition) is 2. The number of carbonyl (C=O) groups excluding carboxylic acids is 1. The van der Waals surface area contributed by atoms with Crippen molar-refractivity contribution in [3.8, 4) is 0 Å². The molecule has 0 radical (unpaired) electrons. The summed E-state index contributed by atoms with van der Waals surface area (Å²) in [4.78, 5) is 9.94. The molecule has 0 N–H and O–H groups in total. The molecule has 0 saturated heterocycles. The van der Waals surface area contributed by atoms with E-state index >= 15 is 0 Å². The highest BCUT2D eigenvalue weighted by Gasteiger charge is 1.66. The summed E-state index contributed by atoms with van der Waals surface area (Å²) in [7, 11) is 0. The zero-order valence-electron chi connectivity index (χ0n) is 8.09. The van der Waals surface area contributed by atoms with Crippen molar-refractivity contribution in [3.63, 3.8) is 0 Å². The normalized spacial score (nSPS) is 13.2. The van der Waals surface area contributed by atoms with Crippen molar-refractivity contribution in [2.75, 3.05) is 0 Å². The Hall–Kier alpha value is -1.83. The summed E-state index contributed by atoms with van der Waals surface area (Å²) in [5, 5.41) is 9.94. The number of aliphatic carboxylic acids is 1. The first-order valence-corrected chi connectivity index (χ1v) is 4.27. The summed E-state index contributed by atoms with van der Waals surface area (Å²) in [5.74, 6) is -1.19. The van der Waals surface area contributed by atoms with Crippen molar-refractivity contribution in [2.45, 2.75) is 6.92 Å². The molecular weight excluding hydrogens is 176 g/mol. The monoisotopic (exact) mass is 189 g/mol. The second-order valence-corrected chi connectivity index (χ2v) is 2.36. The minimum Gasteiger partial charge on any atom is -0.545 e. The van der Waals surface area contributed by atoms with E-state index in [0.717, 1.165) is 6.08 Å². The summed E-state index contributed by atoms with van der Waals surface area (Å²) in [6.07, 6.45) is 17.0. The van der Waals surface area contributed by atoms with Crippen LogP contribution in [0.2, 0.25) is 0 Å². The number of carboxylic acid groups (broad SMARTS) is 1. The number of rotatable bonds is 5. The van der Waals surface area contributed by atoms with E-state index in [1.165, 1.54) is 6.08 Å². The van der Waals surface area contributed by atoms with Gasteiger partial charge in [-0.2, -0.15) is 0 Å². The highest BCUT2D eigenvalue weighted by Crippen LogP contribution is 1.83. The van der Waals surface area contributed by atoms with Crippen LogP contribution in [-0.2, 0) is 4.79 Å². The van der Waals surface area contributed by atoms with Gasteiger partial charge in [0.2, 0.25) is 0 Å². The molecule has 0 unspecified atom stereocenters. The summed E-state index contributed by atoms with van der Waals surface area (Å²) in [5.41, 5.74) is 0. The predicted octanol–water partition coefficient (Wildman–Crippen LogP) is 1.54. The van der Waals surface area contributed by atoms with E-state index in [4.69, 9.17) is 0 Å². The third kappa shape index (κ3) is 10.2. The quantitative estimate of drug-likeness (QED) is 0.486. The molecule has 0 spiro atoms. The van der Waals surface area contributed by atoms with Gasteiger partial charge < -0.3 is 9.90 Å². The van der Waals surface area contributed by atoms with E-state index in [-0.39, 0.29) is 0 Å². The molecule has 0 aliphatic carbocycles. The molecule has 0 fully saturated rings. The van der Waals surface area contributed by atoms with Gasteiger partial charge in [0.05, 0.1) is 5.97 Å². The van der Waals surface area contributed by atoms with Crippen LogP contribution in [0.1, 0.15) is 6.92 Å². The molecule has 74 valence electrons. The zero-order chi connectivity index (χ0) is 10.6. The van der Waals surface area contributed by atoms with Gasteiger partial charge in [0.1, 0.15) is 0 Å². The summed E-state index contributed by atoms with van der Waals surface area (Å²) in [6.45, 7) is 1.94. The Labute approximate surface area is 84.3 Å². The van der Waals surface area contributed by atoms with Crippen molar-refractivity contribution in [1.29, 1.82) is 0 Å².